The van der Waals surface area contributed by atoms with Gasteiger partial charge in [-0.1, -0.05) is 17.7 Å². The lowest BCUT2D eigenvalue weighted by molar-refractivity contribution is -0.135. The Morgan fingerprint density at radius 3 is 2.27 bits per heavy atom. The van der Waals surface area contributed by atoms with Gasteiger partial charge in [-0.2, -0.15) is 4.98 Å². The molecule has 3 aromatic rings. The molecule has 1 aromatic heterocycles. The van der Waals surface area contributed by atoms with Crippen molar-refractivity contribution in [3.8, 4) is 0 Å². The van der Waals surface area contributed by atoms with Gasteiger partial charge < -0.3 is 15.7 Å². The molecule has 174 valence electrons. The van der Waals surface area contributed by atoms with Crippen LogP contribution in [0, 0.1) is 20.8 Å². The van der Waals surface area contributed by atoms with E-state index in [1.165, 1.54) is 0 Å². The summed E-state index contributed by atoms with van der Waals surface area (Å²) in [5.74, 6) is -0.198. The summed E-state index contributed by atoms with van der Waals surface area (Å²) in [5.41, 5.74) is 2.99. The highest BCUT2D eigenvalue weighted by Crippen LogP contribution is 2.30. The Morgan fingerprint density at radius 2 is 1.70 bits per heavy atom. The number of hydrogen-bond acceptors (Lipinski definition) is 7. The molecule has 2 aromatic carbocycles. The zero-order valence-corrected chi connectivity index (χ0v) is 19.8. The van der Waals surface area contributed by atoms with Crippen molar-refractivity contribution in [1.82, 2.24) is 9.97 Å². The van der Waals surface area contributed by atoms with E-state index in [2.05, 4.69) is 20.6 Å². The lowest BCUT2D eigenvalue weighted by atomic mass is 10.1. The van der Waals surface area contributed by atoms with Crippen molar-refractivity contribution in [2.24, 2.45) is 0 Å². The van der Waals surface area contributed by atoms with Crippen LogP contribution in [0.1, 0.15) is 23.6 Å². The van der Waals surface area contributed by atoms with Crippen molar-refractivity contribution in [3.63, 3.8) is 0 Å². The van der Waals surface area contributed by atoms with E-state index >= 15 is 0 Å². The predicted octanol–water partition coefficient (Wildman–Crippen LogP) is 3.86. The van der Waals surface area contributed by atoms with Gasteiger partial charge in [0.2, 0.25) is 5.95 Å². The third-order valence-corrected chi connectivity index (χ3v) is 6.93. The van der Waals surface area contributed by atoms with E-state index in [1.807, 2.05) is 13.8 Å². The summed E-state index contributed by atoms with van der Waals surface area (Å²) in [6.45, 7) is 7.24. The van der Waals surface area contributed by atoms with E-state index in [0.29, 0.717) is 35.1 Å². The van der Waals surface area contributed by atoms with Crippen LogP contribution in [-0.4, -0.2) is 42.6 Å². The van der Waals surface area contributed by atoms with Crippen molar-refractivity contribution in [1.29, 1.82) is 0 Å². The Hall–Kier alpha value is -3.66. The number of rotatable bonds is 9. The van der Waals surface area contributed by atoms with E-state index in [9.17, 15) is 18.3 Å². The number of aromatic nitrogens is 2. The number of carbonyl (C=O) groups is 1. The highest BCUT2D eigenvalue weighted by Gasteiger charge is 2.30. The van der Waals surface area contributed by atoms with Gasteiger partial charge in [-0.3, -0.25) is 9.10 Å². The largest absolute Gasteiger partial charge is 0.480 e. The highest BCUT2D eigenvalue weighted by molar-refractivity contribution is 7.93. The van der Waals surface area contributed by atoms with Gasteiger partial charge in [-0.25, -0.2) is 13.4 Å². The van der Waals surface area contributed by atoms with Gasteiger partial charge >= 0.3 is 5.97 Å². The summed E-state index contributed by atoms with van der Waals surface area (Å²) in [5, 5.41) is 15.6. The van der Waals surface area contributed by atoms with E-state index < -0.39 is 22.5 Å². The van der Waals surface area contributed by atoms with Crippen LogP contribution in [0.5, 0.6) is 0 Å². The average Bonchev–Trinajstić information content (AvgIpc) is 2.72. The number of sulfonamides is 1. The normalized spacial score (nSPS) is 11.2. The van der Waals surface area contributed by atoms with Crippen molar-refractivity contribution in [3.05, 3.63) is 65.4 Å². The lowest BCUT2D eigenvalue weighted by Crippen LogP contribution is -2.36. The minimum atomic E-state index is -4.11. The van der Waals surface area contributed by atoms with Crippen LogP contribution in [-0.2, 0) is 14.8 Å². The van der Waals surface area contributed by atoms with Gasteiger partial charge in [0, 0.05) is 18.4 Å². The van der Waals surface area contributed by atoms with Crippen molar-refractivity contribution in [2.45, 2.75) is 32.6 Å². The van der Waals surface area contributed by atoms with E-state index in [4.69, 9.17) is 0 Å². The van der Waals surface area contributed by atoms with Gasteiger partial charge in [0.05, 0.1) is 10.6 Å². The van der Waals surface area contributed by atoms with Crippen molar-refractivity contribution in [2.75, 3.05) is 28.0 Å². The maximum absolute atomic E-state index is 13.5. The highest BCUT2D eigenvalue weighted by atomic mass is 32.2. The van der Waals surface area contributed by atoms with Gasteiger partial charge in [0.15, 0.2) is 0 Å². The number of carboxylic acids is 1. The summed E-state index contributed by atoms with van der Waals surface area (Å²) in [6, 6.07) is 11.7. The first-order chi connectivity index (χ1) is 15.6. The molecule has 33 heavy (non-hydrogen) atoms. The average molecular weight is 470 g/mol. The summed E-state index contributed by atoms with van der Waals surface area (Å²) in [7, 11) is -4.11. The molecule has 0 radical (unpaired) electrons. The monoisotopic (exact) mass is 469 g/mol. The molecule has 0 aliphatic heterocycles. The smallest absolute Gasteiger partial charge is 0.324 e. The molecule has 0 saturated carbocycles. The SMILES string of the molecule is CCNc1nccc(Nc2ccc(N(CC(=O)O)S(=O)(=O)c3c(C)cc(C)cc3C)cc2)n1. The number of nitrogens with zero attached hydrogens (tertiary/aromatic N) is 3. The number of hydrogen-bond donors (Lipinski definition) is 3. The number of aryl methyl sites for hydroxylation is 3. The molecule has 1 heterocycles. The number of nitrogens with one attached hydrogen (secondary N) is 2. The van der Waals surface area contributed by atoms with Crippen LogP contribution in [0.15, 0.2) is 53.6 Å². The van der Waals surface area contributed by atoms with E-state index in [-0.39, 0.29) is 10.6 Å². The Morgan fingerprint density at radius 1 is 1.06 bits per heavy atom. The van der Waals surface area contributed by atoms with Crippen LogP contribution < -0.4 is 14.9 Å². The third-order valence-electron chi connectivity index (χ3n) is 4.85. The first-order valence-electron chi connectivity index (χ1n) is 10.4. The van der Waals surface area contributed by atoms with Crippen LogP contribution in [0.3, 0.4) is 0 Å². The fraction of sp³-hybridized carbons (Fsp3) is 0.261. The minimum Gasteiger partial charge on any atom is -0.480 e. The van der Waals surface area contributed by atoms with E-state index in [1.54, 1.807) is 62.5 Å². The molecular formula is C23H27N5O4S. The minimum absolute atomic E-state index is 0.119. The molecule has 0 saturated heterocycles. The topological polar surface area (TPSA) is 125 Å². The molecule has 3 rings (SSSR count). The summed E-state index contributed by atoms with van der Waals surface area (Å²) < 4.78 is 28.0. The molecule has 0 aliphatic carbocycles. The van der Waals surface area contributed by atoms with Crippen LogP contribution in [0.2, 0.25) is 0 Å². The summed E-state index contributed by atoms with van der Waals surface area (Å²) in [6.07, 6.45) is 1.62. The molecule has 0 atom stereocenters. The number of benzene rings is 2. The molecule has 0 amide bonds. The molecule has 3 N–H and O–H groups in total. The molecule has 0 spiro atoms. The lowest BCUT2D eigenvalue weighted by Gasteiger charge is -2.25. The predicted molar refractivity (Wildman–Crippen MR) is 129 cm³/mol. The summed E-state index contributed by atoms with van der Waals surface area (Å²) >= 11 is 0. The molecule has 10 heteroatoms. The standard InChI is InChI=1S/C23H27N5O4S/c1-5-24-23-25-11-10-20(27-23)26-18-6-8-19(9-7-18)28(14-21(29)30)33(31,32)22-16(3)12-15(2)13-17(22)4/h6-13H,5,14H2,1-4H3,(H,29,30)(H2,24,25,26,27). The maximum atomic E-state index is 13.5. The second kappa shape index (κ2) is 9.86. The number of carboxylic acid groups (broad SMARTS) is 1. The fourth-order valence-corrected chi connectivity index (χ4v) is 5.48. The molecular weight excluding hydrogens is 442 g/mol. The number of aliphatic carboxylic acids is 1. The maximum Gasteiger partial charge on any atom is 0.324 e. The van der Waals surface area contributed by atoms with Crippen molar-refractivity contribution >= 4 is 39.1 Å². The Balaban J connectivity index is 1.94. The zero-order valence-electron chi connectivity index (χ0n) is 19.0. The summed E-state index contributed by atoms with van der Waals surface area (Å²) in [4.78, 5) is 20.1. The van der Waals surface area contributed by atoms with Crippen LogP contribution in [0.25, 0.3) is 0 Å². The van der Waals surface area contributed by atoms with Crippen molar-refractivity contribution < 1.29 is 18.3 Å². The second-order valence-electron chi connectivity index (χ2n) is 7.60. The van der Waals surface area contributed by atoms with Crippen LogP contribution >= 0.6 is 0 Å². The first-order valence-corrected chi connectivity index (χ1v) is 11.8. The van der Waals surface area contributed by atoms with Gasteiger partial charge in [-0.15, -0.1) is 0 Å². The molecule has 9 nitrogen and oxygen atoms in total. The van der Waals surface area contributed by atoms with Crippen LogP contribution in [0.4, 0.5) is 23.1 Å². The zero-order chi connectivity index (χ0) is 24.2. The molecule has 0 fully saturated rings. The third kappa shape index (κ3) is 5.58. The van der Waals surface area contributed by atoms with Gasteiger partial charge in [0.25, 0.3) is 10.0 Å². The second-order valence-corrected chi connectivity index (χ2v) is 9.40. The Bertz CT molecular complexity index is 1240. The Labute approximate surface area is 193 Å². The molecule has 0 aliphatic rings. The van der Waals surface area contributed by atoms with Gasteiger partial charge in [0.1, 0.15) is 12.4 Å². The van der Waals surface area contributed by atoms with E-state index in [0.717, 1.165) is 9.87 Å². The fourth-order valence-electron chi connectivity index (χ4n) is 3.65. The Kier molecular flexibility index (Phi) is 7.17. The van der Waals surface area contributed by atoms with Gasteiger partial charge in [-0.05, 0) is 69.2 Å². The molecule has 0 unspecified atom stereocenters. The first kappa shape index (κ1) is 24.0. The molecule has 0 bridgehead atoms. The number of anilines is 4. The quantitative estimate of drug-likeness (QED) is 0.432.